The van der Waals surface area contributed by atoms with E-state index < -0.39 is 11.5 Å². The molecule has 2 atom stereocenters. The van der Waals surface area contributed by atoms with Gasteiger partial charge in [-0.05, 0) is 59.5 Å². The molecule has 1 heterocycles. The van der Waals surface area contributed by atoms with Crippen LogP contribution in [-0.2, 0) is 6.42 Å². The number of aromatic nitrogens is 2. The number of aliphatic hydroxyl groups excluding tert-OH is 1. The van der Waals surface area contributed by atoms with E-state index in [0.29, 0.717) is 6.42 Å². The lowest BCUT2D eigenvalue weighted by Gasteiger charge is -2.39. The average Bonchev–Trinajstić information content (AvgIpc) is 3.29. The Labute approximate surface area is 205 Å². The van der Waals surface area contributed by atoms with E-state index in [1.54, 1.807) is 12.1 Å². The summed E-state index contributed by atoms with van der Waals surface area (Å²) in [6.07, 6.45) is 1.88. The van der Waals surface area contributed by atoms with Gasteiger partial charge in [0.1, 0.15) is 5.82 Å². The highest BCUT2D eigenvalue weighted by Gasteiger charge is 2.38. The Morgan fingerprint density at radius 1 is 0.829 bits per heavy atom. The lowest BCUT2D eigenvalue weighted by atomic mass is 9.67. The number of fused-ring (bicyclic) bond motifs is 1. The Hall–Kier alpha value is -3.76. The molecule has 4 heteroatoms. The van der Waals surface area contributed by atoms with E-state index in [1.807, 2.05) is 47.3 Å². The fourth-order valence-corrected chi connectivity index (χ4v) is 5.01. The first-order chi connectivity index (χ1) is 16.9. The van der Waals surface area contributed by atoms with Crippen LogP contribution in [-0.4, -0.2) is 21.0 Å². The zero-order valence-electron chi connectivity index (χ0n) is 20.0. The summed E-state index contributed by atoms with van der Waals surface area (Å²) in [4.78, 5) is 0. The van der Waals surface area contributed by atoms with Gasteiger partial charge in [-0.2, -0.15) is 5.10 Å². The van der Waals surface area contributed by atoms with Gasteiger partial charge in [0, 0.05) is 16.7 Å². The fourth-order valence-electron chi connectivity index (χ4n) is 5.01. The Morgan fingerprint density at radius 2 is 1.49 bits per heavy atom. The van der Waals surface area contributed by atoms with Crippen LogP contribution in [0, 0.1) is 11.2 Å². The first kappa shape index (κ1) is 23.0. The second-order valence-corrected chi connectivity index (χ2v) is 9.72. The lowest BCUT2D eigenvalue weighted by Crippen LogP contribution is -2.37. The highest BCUT2D eigenvalue weighted by molar-refractivity contribution is 5.81. The highest BCUT2D eigenvalue weighted by Crippen LogP contribution is 2.44. The molecule has 3 nitrogen and oxygen atoms in total. The van der Waals surface area contributed by atoms with Crippen molar-refractivity contribution in [2.45, 2.75) is 32.3 Å². The van der Waals surface area contributed by atoms with Crippen molar-refractivity contribution in [2.75, 3.05) is 0 Å². The van der Waals surface area contributed by atoms with E-state index in [4.69, 9.17) is 0 Å². The van der Waals surface area contributed by atoms with Crippen LogP contribution < -0.4 is 0 Å². The molecule has 2 unspecified atom stereocenters. The molecule has 0 radical (unpaired) electrons. The van der Waals surface area contributed by atoms with Gasteiger partial charge in [-0.25, -0.2) is 9.07 Å². The molecule has 176 valence electrons. The van der Waals surface area contributed by atoms with Crippen molar-refractivity contribution in [1.82, 2.24) is 9.78 Å². The summed E-state index contributed by atoms with van der Waals surface area (Å²) in [5, 5.41) is 17.0. The fraction of sp³-hybridized carbons (Fsp3) is 0.194. The minimum atomic E-state index is -0.548. The Kier molecular flexibility index (Phi) is 6.23. The van der Waals surface area contributed by atoms with Gasteiger partial charge in [0.05, 0.1) is 23.5 Å². The Bertz CT molecular complexity index is 1410. The van der Waals surface area contributed by atoms with Gasteiger partial charge < -0.3 is 5.11 Å². The average molecular weight is 465 g/mol. The van der Waals surface area contributed by atoms with Crippen LogP contribution in [0.2, 0.25) is 0 Å². The maximum absolute atomic E-state index is 13.4. The Morgan fingerprint density at radius 3 is 2.17 bits per heavy atom. The Balaban J connectivity index is 1.55. The third-order valence-electron chi connectivity index (χ3n) is 7.00. The van der Waals surface area contributed by atoms with Crippen molar-refractivity contribution in [3.8, 4) is 5.69 Å². The van der Waals surface area contributed by atoms with Crippen molar-refractivity contribution in [1.29, 1.82) is 0 Å². The summed E-state index contributed by atoms with van der Waals surface area (Å²) in [5.41, 5.74) is 4.73. The maximum atomic E-state index is 13.4. The minimum Gasteiger partial charge on any atom is -0.392 e. The van der Waals surface area contributed by atoms with Crippen LogP contribution in [0.25, 0.3) is 16.6 Å². The number of hydrogen-bond acceptors (Lipinski definition) is 2. The molecule has 0 bridgehead atoms. The smallest absolute Gasteiger partial charge is 0.123 e. The van der Waals surface area contributed by atoms with Crippen LogP contribution in [0.5, 0.6) is 0 Å². The molecular weight excluding hydrogens is 435 g/mol. The van der Waals surface area contributed by atoms with Gasteiger partial charge in [0.2, 0.25) is 0 Å². The number of halogens is 1. The third-order valence-corrected chi connectivity index (χ3v) is 7.00. The summed E-state index contributed by atoms with van der Waals surface area (Å²) in [5.74, 6) is -0.296. The van der Waals surface area contributed by atoms with Crippen molar-refractivity contribution >= 4 is 10.9 Å². The molecule has 0 saturated carbocycles. The van der Waals surface area contributed by atoms with Crippen LogP contribution >= 0.6 is 0 Å². The van der Waals surface area contributed by atoms with Gasteiger partial charge in [0.25, 0.3) is 0 Å². The number of benzene rings is 4. The van der Waals surface area contributed by atoms with Crippen LogP contribution in [0.3, 0.4) is 0 Å². The summed E-state index contributed by atoms with van der Waals surface area (Å²) in [6, 6.07) is 33.2. The first-order valence-corrected chi connectivity index (χ1v) is 11.9. The van der Waals surface area contributed by atoms with Gasteiger partial charge in [0.15, 0.2) is 0 Å². The summed E-state index contributed by atoms with van der Waals surface area (Å²) in [6.45, 7) is 4.29. The van der Waals surface area contributed by atoms with E-state index in [-0.39, 0.29) is 11.7 Å². The highest BCUT2D eigenvalue weighted by atomic mass is 19.1. The molecule has 4 aromatic carbocycles. The molecule has 0 aliphatic rings. The summed E-state index contributed by atoms with van der Waals surface area (Å²) in [7, 11) is 0. The third kappa shape index (κ3) is 4.62. The maximum Gasteiger partial charge on any atom is 0.123 e. The molecule has 5 aromatic rings. The molecule has 0 aliphatic carbocycles. The molecule has 0 fully saturated rings. The molecule has 0 amide bonds. The molecule has 1 N–H and O–H groups in total. The van der Waals surface area contributed by atoms with Crippen LogP contribution in [0.4, 0.5) is 4.39 Å². The van der Waals surface area contributed by atoms with Gasteiger partial charge in [-0.1, -0.05) is 80.6 Å². The van der Waals surface area contributed by atoms with E-state index in [0.717, 1.165) is 33.3 Å². The van der Waals surface area contributed by atoms with Crippen LogP contribution in [0.15, 0.2) is 109 Å². The molecule has 1 aromatic heterocycles. The topological polar surface area (TPSA) is 38.1 Å². The normalized spacial score (nSPS) is 13.6. The summed E-state index contributed by atoms with van der Waals surface area (Å²) >= 11 is 0. The second kappa shape index (κ2) is 9.47. The van der Waals surface area contributed by atoms with E-state index >= 15 is 0 Å². The van der Waals surface area contributed by atoms with Crippen molar-refractivity contribution in [3.63, 3.8) is 0 Å². The molecule has 0 saturated heterocycles. The number of nitrogens with zero attached hydrogens (tertiary/aromatic N) is 2. The van der Waals surface area contributed by atoms with Crippen molar-refractivity contribution in [3.05, 3.63) is 132 Å². The predicted octanol–water partition coefficient (Wildman–Crippen LogP) is 6.93. The molecule has 0 aliphatic heterocycles. The molecule has 0 spiro atoms. The van der Waals surface area contributed by atoms with Gasteiger partial charge in [-0.15, -0.1) is 0 Å². The van der Waals surface area contributed by atoms with E-state index in [1.165, 1.54) is 12.1 Å². The quantitative estimate of drug-likeness (QED) is 0.284. The standard InChI is InChI=1S/C31H29FN2O/c1-31(2,29(35)19-22-9-5-3-6-10-22)30(23-11-7-4-8-12-23)24-13-18-28-25(20-24)21-33-34(28)27-16-14-26(32)15-17-27/h3-18,20-21,29-30,35H,19H2,1-2H3. The zero-order chi connectivity index (χ0) is 24.4. The SMILES string of the molecule is CC(C)(C(O)Cc1ccccc1)C(c1ccccc1)c1ccc2c(cnn2-c2ccc(F)cc2)c1. The van der Waals surface area contributed by atoms with Gasteiger partial charge >= 0.3 is 0 Å². The summed E-state index contributed by atoms with van der Waals surface area (Å²) < 4.78 is 15.2. The van der Waals surface area contributed by atoms with E-state index in [2.05, 4.69) is 61.4 Å². The molecular formula is C31H29FN2O. The van der Waals surface area contributed by atoms with E-state index in [9.17, 15) is 9.50 Å². The number of rotatable bonds is 7. The van der Waals surface area contributed by atoms with Crippen molar-refractivity contribution in [2.24, 2.45) is 5.41 Å². The zero-order valence-corrected chi connectivity index (χ0v) is 20.0. The first-order valence-electron chi connectivity index (χ1n) is 11.9. The number of aliphatic hydroxyl groups is 1. The van der Waals surface area contributed by atoms with Crippen molar-refractivity contribution < 1.29 is 9.50 Å². The van der Waals surface area contributed by atoms with Gasteiger partial charge in [-0.3, -0.25) is 0 Å². The molecule has 35 heavy (non-hydrogen) atoms. The largest absolute Gasteiger partial charge is 0.392 e. The predicted molar refractivity (Wildman–Crippen MR) is 139 cm³/mol. The second-order valence-electron chi connectivity index (χ2n) is 9.72. The van der Waals surface area contributed by atoms with Crippen LogP contribution in [0.1, 0.15) is 36.5 Å². The lowest BCUT2D eigenvalue weighted by molar-refractivity contribution is 0.0389. The number of hydrogen-bond donors (Lipinski definition) is 1. The monoisotopic (exact) mass is 464 g/mol. The molecule has 5 rings (SSSR count). The minimum absolute atomic E-state index is 0.0269.